The number of hydrogen-bond acceptors (Lipinski definition) is 7. The largest absolute Gasteiger partial charge is 0.490 e. The average Bonchev–Trinajstić information content (AvgIpc) is 2.86. The van der Waals surface area contributed by atoms with Crippen molar-refractivity contribution in [1.29, 1.82) is 0 Å². The summed E-state index contributed by atoms with van der Waals surface area (Å²) in [5, 5.41) is 2.89. The fraction of sp³-hybridized carbons (Fsp3) is 0.387. The minimum Gasteiger partial charge on any atom is -0.490 e. The Hall–Kier alpha value is -4.07. The number of aromatic nitrogens is 1. The van der Waals surface area contributed by atoms with E-state index >= 15 is 0 Å². The van der Waals surface area contributed by atoms with E-state index in [1.165, 1.54) is 7.11 Å². The van der Waals surface area contributed by atoms with Gasteiger partial charge >= 0.3 is 12.1 Å². The van der Waals surface area contributed by atoms with Crippen LogP contribution in [0.3, 0.4) is 0 Å². The van der Waals surface area contributed by atoms with Gasteiger partial charge in [0.1, 0.15) is 23.2 Å². The molecule has 4 rings (SSSR count). The van der Waals surface area contributed by atoms with Gasteiger partial charge in [0.2, 0.25) is 5.88 Å². The first kappa shape index (κ1) is 28.0. The van der Waals surface area contributed by atoms with Gasteiger partial charge in [-0.15, -0.1) is 0 Å². The number of nitrogens with zero attached hydrogens (tertiary/aromatic N) is 1. The molecular formula is C31H36N2O6. The van der Waals surface area contributed by atoms with Crippen LogP contribution in [0.25, 0.3) is 0 Å². The van der Waals surface area contributed by atoms with Crippen LogP contribution in [0.4, 0.5) is 4.79 Å². The van der Waals surface area contributed by atoms with Crippen LogP contribution in [0, 0.1) is 0 Å². The van der Waals surface area contributed by atoms with Crippen LogP contribution >= 0.6 is 0 Å². The lowest BCUT2D eigenvalue weighted by Gasteiger charge is -2.36. The molecule has 1 N–H and O–H groups in total. The molecule has 0 atom stereocenters. The Morgan fingerprint density at radius 3 is 2.00 bits per heavy atom. The molecular weight excluding hydrogens is 496 g/mol. The van der Waals surface area contributed by atoms with Crippen molar-refractivity contribution in [1.82, 2.24) is 10.3 Å². The van der Waals surface area contributed by atoms with Gasteiger partial charge in [-0.05, 0) is 62.2 Å². The van der Waals surface area contributed by atoms with E-state index in [9.17, 15) is 9.59 Å². The zero-order chi connectivity index (χ0) is 28.2. The van der Waals surface area contributed by atoms with Gasteiger partial charge in [-0.2, -0.15) is 0 Å². The SMILES string of the molecule is COC(=O)c1cccc(Oc2ccc(C(C)(C)c3ccc(O[C@H]4C[C@H](NC(=O)OC(C)(C)C)C4)cc3)cc2)n1. The number of esters is 1. The topological polar surface area (TPSA) is 96.0 Å². The number of alkyl carbamates (subject to hydrolysis) is 1. The Morgan fingerprint density at radius 2 is 1.44 bits per heavy atom. The average molecular weight is 533 g/mol. The Kier molecular flexibility index (Phi) is 8.14. The lowest BCUT2D eigenvalue weighted by Crippen LogP contribution is -2.50. The van der Waals surface area contributed by atoms with Crippen molar-refractivity contribution in [3.05, 3.63) is 83.6 Å². The molecule has 0 unspecified atom stereocenters. The first-order valence-electron chi connectivity index (χ1n) is 13.0. The maximum Gasteiger partial charge on any atom is 0.407 e. The minimum atomic E-state index is -0.513. The van der Waals surface area contributed by atoms with E-state index < -0.39 is 11.6 Å². The van der Waals surface area contributed by atoms with E-state index in [0.717, 1.165) is 29.7 Å². The van der Waals surface area contributed by atoms with Gasteiger partial charge in [-0.1, -0.05) is 44.2 Å². The molecule has 206 valence electrons. The summed E-state index contributed by atoms with van der Waals surface area (Å²) in [7, 11) is 1.32. The lowest BCUT2D eigenvalue weighted by molar-refractivity contribution is 0.0362. The number of nitrogens with one attached hydrogen (secondary N) is 1. The number of pyridine rings is 1. The van der Waals surface area contributed by atoms with E-state index in [-0.39, 0.29) is 29.3 Å². The molecule has 1 aliphatic rings. The molecule has 1 amide bonds. The fourth-order valence-corrected chi connectivity index (χ4v) is 4.31. The monoisotopic (exact) mass is 532 g/mol. The number of amides is 1. The standard InChI is InChI=1S/C31H36N2O6/c1-30(2,3)39-29(35)32-22-18-25(19-22)37-23-14-10-20(11-15-23)31(4,5)21-12-16-24(17-13-21)38-27-9-7-8-26(33-27)28(34)36-6/h7-17,22,25H,18-19H2,1-6H3,(H,32,35)/t22-,25-. The van der Waals surface area contributed by atoms with Crippen LogP contribution in [0.2, 0.25) is 0 Å². The summed E-state index contributed by atoms with van der Waals surface area (Å²) < 4.78 is 22.0. The van der Waals surface area contributed by atoms with Gasteiger partial charge in [0, 0.05) is 30.4 Å². The molecule has 8 nitrogen and oxygen atoms in total. The third kappa shape index (κ3) is 7.28. The first-order valence-corrected chi connectivity index (χ1v) is 13.0. The maximum absolute atomic E-state index is 11.9. The molecule has 0 radical (unpaired) electrons. The molecule has 1 aliphatic carbocycles. The zero-order valence-corrected chi connectivity index (χ0v) is 23.3. The maximum atomic E-state index is 11.9. The molecule has 0 spiro atoms. The minimum absolute atomic E-state index is 0.0687. The van der Waals surface area contributed by atoms with E-state index in [2.05, 4.69) is 36.3 Å². The van der Waals surface area contributed by atoms with E-state index in [4.69, 9.17) is 18.9 Å². The number of benzene rings is 2. The predicted octanol–water partition coefficient (Wildman–Crippen LogP) is 6.42. The second-order valence-corrected chi connectivity index (χ2v) is 11.2. The van der Waals surface area contributed by atoms with Crippen LogP contribution in [-0.4, -0.2) is 41.9 Å². The smallest absolute Gasteiger partial charge is 0.407 e. The Morgan fingerprint density at radius 1 is 0.846 bits per heavy atom. The van der Waals surface area contributed by atoms with Crippen LogP contribution in [0.5, 0.6) is 17.4 Å². The fourth-order valence-electron chi connectivity index (χ4n) is 4.31. The summed E-state index contributed by atoms with van der Waals surface area (Å²) in [5.74, 6) is 1.23. The van der Waals surface area contributed by atoms with Crippen molar-refractivity contribution in [3.63, 3.8) is 0 Å². The van der Waals surface area contributed by atoms with Crippen LogP contribution in [0.1, 0.15) is 69.1 Å². The van der Waals surface area contributed by atoms with Crippen molar-refractivity contribution >= 4 is 12.1 Å². The third-order valence-corrected chi connectivity index (χ3v) is 6.61. The molecule has 2 aromatic carbocycles. The third-order valence-electron chi connectivity index (χ3n) is 6.61. The lowest BCUT2D eigenvalue weighted by atomic mass is 9.78. The molecule has 3 aromatic rings. The van der Waals surface area contributed by atoms with Crippen molar-refractivity contribution in [2.24, 2.45) is 0 Å². The number of carbonyl (C=O) groups excluding carboxylic acids is 2. The summed E-state index contributed by atoms with van der Waals surface area (Å²) in [6, 6.07) is 21.0. The normalized spacial score (nSPS) is 17.0. The van der Waals surface area contributed by atoms with Crippen molar-refractivity contribution in [2.75, 3.05) is 7.11 Å². The van der Waals surface area contributed by atoms with Crippen LogP contribution in [-0.2, 0) is 14.9 Å². The van der Waals surface area contributed by atoms with Gasteiger partial charge in [0.05, 0.1) is 7.11 Å². The van der Waals surface area contributed by atoms with Crippen molar-refractivity contribution in [2.45, 2.75) is 70.6 Å². The van der Waals surface area contributed by atoms with Crippen LogP contribution in [0.15, 0.2) is 66.7 Å². The van der Waals surface area contributed by atoms with Gasteiger partial charge in [0.15, 0.2) is 5.69 Å². The van der Waals surface area contributed by atoms with Gasteiger partial charge < -0.3 is 24.3 Å². The molecule has 1 fully saturated rings. The Labute approximate surface area is 229 Å². The number of methoxy groups -OCH3 is 1. The predicted molar refractivity (Wildman–Crippen MR) is 147 cm³/mol. The molecule has 39 heavy (non-hydrogen) atoms. The number of carbonyl (C=O) groups is 2. The quantitative estimate of drug-likeness (QED) is 0.334. The van der Waals surface area contributed by atoms with E-state index in [1.54, 1.807) is 18.2 Å². The van der Waals surface area contributed by atoms with Gasteiger partial charge in [-0.3, -0.25) is 0 Å². The summed E-state index contributed by atoms with van der Waals surface area (Å²) in [5.41, 5.74) is 1.70. The molecule has 8 heteroatoms. The second kappa shape index (κ2) is 11.4. The summed E-state index contributed by atoms with van der Waals surface area (Å²) in [6.07, 6.45) is 1.19. The van der Waals surface area contributed by atoms with Crippen molar-refractivity contribution < 1.29 is 28.5 Å². The number of ether oxygens (including phenoxy) is 4. The molecule has 0 bridgehead atoms. The Balaban J connectivity index is 1.31. The second-order valence-electron chi connectivity index (χ2n) is 11.2. The molecule has 0 saturated heterocycles. The summed E-state index contributed by atoms with van der Waals surface area (Å²) >= 11 is 0. The highest BCUT2D eigenvalue weighted by Gasteiger charge is 2.33. The summed E-state index contributed by atoms with van der Waals surface area (Å²) in [4.78, 5) is 27.8. The van der Waals surface area contributed by atoms with E-state index in [0.29, 0.717) is 11.6 Å². The van der Waals surface area contributed by atoms with Gasteiger partial charge in [-0.25, -0.2) is 14.6 Å². The highest BCUT2D eigenvalue weighted by atomic mass is 16.6. The van der Waals surface area contributed by atoms with Gasteiger partial charge in [0.25, 0.3) is 0 Å². The number of rotatable bonds is 8. The van der Waals surface area contributed by atoms with E-state index in [1.807, 2.05) is 57.2 Å². The summed E-state index contributed by atoms with van der Waals surface area (Å²) in [6.45, 7) is 9.88. The highest BCUT2D eigenvalue weighted by molar-refractivity contribution is 5.87. The first-order chi connectivity index (χ1) is 18.4. The van der Waals surface area contributed by atoms with Crippen molar-refractivity contribution in [3.8, 4) is 17.4 Å². The molecule has 1 heterocycles. The number of hydrogen-bond donors (Lipinski definition) is 1. The highest BCUT2D eigenvalue weighted by Crippen LogP contribution is 2.35. The van der Waals surface area contributed by atoms with Crippen LogP contribution < -0.4 is 14.8 Å². The zero-order valence-electron chi connectivity index (χ0n) is 23.3. The Bertz CT molecular complexity index is 1290. The molecule has 0 aliphatic heterocycles. The molecule has 1 saturated carbocycles. The molecule has 1 aromatic heterocycles.